The Balaban J connectivity index is 1.63. The second-order valence-corrected chi connectivity index (χ2v) is 7.30. The Bertz CT molecular complexity index is 611. The van der Waals surface area contributed by atoms with E-state index >= 15 is 0 Å². The summed E-state index contributed by atoms with van der Waals surface area (Å²) in [6.07, 6.45) is 1.34. The SMILES string of the molecule is CC(C)(C)OC(=O)[C@@H]1CCC2CN1C(=O)N2OCc1ccccc1. The highest BCUT2D eigenvalue weighted by molar-refractivity contribution is 5.85. The van der Waals surface area contributed by atoms with Crippen molar-refractivity contribution >= 4 is 12.0 Å². The van der Waals surface area contributed by atoms with E-state index in [9.17, 15) is 9.59 Å². The van der Waals surface area contributed by atoms with Gasteiger partial charge in [0.25, 0.3) is 0 Å². The summed E-state index contributed by atoms with van der Waals surface area (Å²) in [6, 6.07) is 8.96. The van der Waals surface area contributed by atoms with Crippen LogP contribution in [-0.4, -0.2) is 46.2 Å². The molecule has 0 spiro atoms. The van der Waals surface area contributed by atoms with E-state index in [1.807, 2.05) is 51.1 Å². The number of hydrogen-bond donors (Lipinski definition) is 0. The van der Waals surface area contributed by atoms with Gasteiger partial charge in [0, 0.05) is 6.54 Å². The topological polar surface area (TPSA) is 59.1 Å². The summed E-state index contributed by atoms with van der Waals surface area (Å²) in [5.74, 6) is -0.334. The second-order valence-electron chi connectivity index (χ2n) is 7.30. The van der Waals surface area contributed by atoms with Gasteiger partial charge < -0.3 is 9.64 Å². The van der Waals surface area contributed by atoms with Crippen molar-refractivity contribution in [1.29, 1.82) is 0 Å². The van der Waals surface area contributed by atoms with E-state index < -0.39 is 11.6 Å². The van der Waals surface area contributed by atoms with Gasteiger partial charge in [-0.2, -0.15) is 5.06 Å². The third-order valence-electron chi connectivity index (χ3n) is 4.21. The van der Waals surface area contributed by atoms with Crippen LogP contribution in [0.15, 0.2) is 30.3 Å². The molecule has 2 heterocycles. The zero-order valence-electron chi connectivity index (χ0n) is 14.4. The fraction of sp³-hybridized carbons (Fsp3) is 0.556. The molecule has 2 bridgehead atoms. The molecule has 0 aromatic heterocycles. The van der Waals surface area contributed by atoms with Crippen molar-refractivity contribution < 1.29 is 19.2 Å². The monoisotopic (exact) mass is 332 g/mol. The Morgan fingerprint density at radius 3 is 2.58 bits per heavy atom. The summed E-state index contributed by atoms with van der Waals surface area (Å²) in [6.45, 7) is 6.35. The highest BCUT2D eigenvalue weighted by atomic mass is 16.7. The number of hydrogen-bond acceptors (Lipinski definition) is 4. The van der Waals surface area contributed by atoms with Gasteiger partial charge in [0.2, 0.25) is 0 Å². The quantitative estimate of drug-likeness (QED) is 0.796. The van der Waals surface area contributed by atoms with Crippen LogP contribution in [0.1, 0.15) is 39.2 Å². The highest BCUT2D eigenvalue weighted by Gasteiger charge is 2.48. The van der Waals surface area contributed by atoms with Crippen LogP contribution in [0.25, 0.3) is 0 Å². The molecule has 2 saturated heterocycles. The van der Waals surface area contributed by atoms with Gasteiger partial charge in [-0.15, -0.1) is 0 Å². The summed E-state index contributed by atoms with van der Waals surface area (Å²) in [5.41, 5.74) is 0.450. The van der Waals surface area contributed by atoms with Crippen LogP contribution >= 0.6 is 0 Å². The number of carbonyl (C=O) groups excluding carboxylic acids is 2. The lowest BCUT2D eigenvalue weighted by atomic mass is 10.0. The maximum Gasteiger partial charge on any atom is 0.345 e. The maximum absolute atomic E-state index is 12.6. The van der Waals surface area contributed by atoms with Gasteiger partial charge in [-0.05, 0) is 39.2 Å². The molecule has 6 heteroatoms. The molecule has 1 aromatic carbocycles. The van der Waals surface area contributed by atoms with Crippen LogP contribution in [0.4, 0.5) is 4.79 Å². The van der Waals surface area contributed by atoms with E-state index in [0.29, 0.717) is 19.6 Å². The van der Waals surface area contributed by atoms with Crippen molar-refractivity contribution in [3.8, 4) is 0 Å². The van der Waals surface area contributed by atoms with Crippen molar-refractivity contribution in [3.63, 3.8) is 0 Å². The first kappa shape index (κ1) is 16.8. The van der Waals surface area contributed by atoms with E-state index in [0.717, 1.165) is 12.0 Å². The summed E-state index contributed by atoms with van der Waals surface area (Å²) < 4.78 is 5.45. The normalized spacial score (nSPS) is 23.5. The van der Waals surface area contributed by atoms with Gasteiger partial charge in [-0.1, -0.05) is 30.3 Å². The largest absolute Gasteiger partial charge is 0.458 e. The molecule has 0 N–H and O–H groups in total. The molecule has 0 saturated carbocycles. The predicted molar refractivity (Wildman–Crippen MR) is 87.8 cm³/mol. The lowest BCUT2D eigenvalue weighted by Crippen LogP contribution is -2.47. The van der Waals surface area contributed by atoms with Crippen LogP contribution in [0.3, 0.4) is 0 Å². The molecule has 0 aliphatic carbocycles. The molecule has 6 nitrogen and oxygen atoms in total. The Morgan fingerprint density at radius 1 is 1.21 bits per heavy atom. The van der Waals surface area contributed by atoms with E-state index in [1.54, 1.807) is 4.90 Å². The van der Waals surface area contributed by atoms with Crippen molar-refractivity contribution in [2.75, 3.05) is 6.54 Å². The second kappa shape index (κ2) is 6.43. The molecule has 1 unspecified atom stereocenters. The Hall–Kier alpha value is -2.08. The van der Waals surface area contributed by atoms with E-state index in [-0.39, 0.29) is 18.0 Å². The number of esters is 1. The number of fused-ring (bicyclic) bond motifs is 2. The van der Waals surface area contributed by atoms with Gasteiger partial charge in [0.15, 0.2) is 0 Å². The number of rotatable bonds is 4. The van der Waals surface area contributed by atoms with Crippen molar-refractivity contribution in [2.45, 2.75) is 57.9 Å². The molecular formula is C18H24N2O4. The van der Waals surface area contributed by atoms with Crippen molar-refractivity contribution in [3.05, 3.63) is 35.9 Å². The fourth-order valence-electron chi connectivity index (χ4n) is 3.13. The van der Waals surface area contributed by atoms with Crippen LogP contribution in [0, 0.1) is 0 Å². The average Bonchev–Trinajstić information content (AvgIpc) is 2.76. The standard InChI is InChI=1S/C18H24N2O4/c1-18(2,3)24-16(21)15-10-9-14-11-19(15)17(22)20(14)23-12-13-7-5-4-6-8-13/h4-8,14-15H,9-12H2,1-3H3/t14?,15-/m0/s1. The zero-order valence-corrected chi connectivity index (χ0v) is 14.4. The molecule has 3 rings (SSSR count). The zero-order chi connectivity index (χ0) is 17.3. The van der Waals surface area contributed by atoms with Crippen LogP contribution in [0.2, 0.25) is 0 Å². The number of nitrogens with zero attached hydrogens (tertiary/aromatic N) is 2. The smallest absolute Gasteiger partial charge is 0.345 e. The number of urea groups is 1. The molecule has 2 fully saturated rings. The summed E-state index contributed by atoms with van der Waals surface area (Å²) in [5, 5.41) is 1.43. The number of piperidine rings is 1. The lowest BCUT2D eigenvalue weighted by molar-refractivity contribution is -0.161. The first-order chi connectivity index (χ1) is 11.3. The van der Waals surface area contributed by atoms with Crippen LogP contribution in [-0.2, 0) is 21.0 Å². The number of benzene rings is 1. The molecule has 2 atom stereocenters. The van der Waals surface area contributed by atoms with Crippen molar-refractivity contribution in [1.82, 2.24) is 9.96 Å². The fourth-order valence-corrected chi connectivity index (χ4v) is 3.13. The Labute approximate surface area is 142 Å². The molecule has 0 radical (unpaired) electrons. The predicted octanol–water partition coefficient (Wildman–Crippen LogP) is 2.73. The highest BCUT2D eigenvalue weighted by Crippen LogP contribution is 2.31. The summed E-state index contributed by atoms with van der Waals surface area (Å²) >= 11 is 0. The Kier molecular flexibility index (Phi) is 4.49. The maximum atomic E-state index is 12.6. The van der Waals surface area contributed by atoms with Gasteiger partial charge in [-0.25, -0.2) is 9.59 Å². The van der Waals surface area contributed by atoms with Gasteiger partial charge in [0.05, 0.1) is 6.04 Å². The van der Waals surface area contributed by atoms with Gasteiger partial charge in [0.1, 0.15) is 18.2 Å². The molecule has 2 aliphatic rings. The van der Waals surface area contributed by atoms with Crippen molar-refractivity contribution in [2.24, 2.45) is 0 Å². The van der Waals surface area contributed by atoms with Gasteiger partial charge >= 0.3 is 12.0 Å². The molecule has 1 aromatic rings. The lowest BCUT2D eigenvalue weighted by Gasteiger charge is -2.31. The van der Waals surface area contributed by atoms with E-state index in [1.165, 1.54) is 5.06 Å². The average molecular weight is 332 g/mol. The minimum absolute atomic E-state index is 0.0000935. The molecule has 130 valence electrons. The minimum atomic E-state index is -0.555. The van der Waals surface area contributed by atoms with Crippen LogP contribution < -0.4 is 0 Å². The van der Waals surface area contributed by atoms with Gasteiger partial charge in [-0.3, -0.25) is 4.84 Å². The minimum Gasteiger partial charge on any atom is -0.458 e. The first-order valence-electron chi connectivity index (χ1n) is 8.35. The summed E-state index contributed by atoms with van der Waals surface area (Å²) in [7, 11) is 0. The Morgan fingerprint density at radius 2 is 1.92 bits per heavy atom. The number of carbonyl (C=O) groups is 2. The molecular weight excluding hydrogens is 308 g/mol. The number of hydroxylamine groups is 2. The van der Waals surface area contributed by atoms with E-state index in [4.69, 9.17) is 9.57 Å². The van der Waals surface area contributed by atoms with Crippen LogP contribution in [0.5, 0.6) is 0 Å². The molecule has 24 heavy (non-hydrogen) atoms. The third-order valence-corrected chi connectivity index (χ3v) is 4.21. The third kappa shape index (κ3) is 3.53. The number of ether oxygens (including phenoxy) is 1. The van der Waals surface area contributed by atoms with E-state index in [2.05, 4.69) is 0 Å². The number of amides is 2. The first-order valence-corrected chi connectivity index (χ1v) is 8.35. The summed E-state index contributed by atoms with van der Waals surface area (Å²) in [4.78, 5) is 32.3. The molecule has 2 amide bonds. The molecule has 2 aliphatic heterocycles.